The molecule has 2 heteroatoms. The van der Waals surface area contributed by atoms with Gasteiger partial charge in [-0.1, -0.05) is 13.8 Å². The molecule has 1 atom stereocenters. The highest BCUT2D eigenvalue weighted by Crippen LogP contribution is 2.17. The van der Waals surface area contributed by atoms with E-state index in [9.17, 15) is 0 Å². The van der Waals surface area contributed by atoms with E-state index in [1.165, 1.54) is 38.8 Å². The van der Waals surface area contributed by atoms with E-state index >= 15 is 0 Å². The molecule has 78 valence electrons. The summed E-state index contributed by atoms with van der Waals surface area (Å²) in [6.45, 7) is 7.27. The van der Waals surface area contributed by atoms with Gasteiger partial charge in [0.05, 0.1) is 6.61 Å². The fourth-order valence-electron chi connectivity index (χ4n) is 2.10. The van der Waals surface area contributed by atoms with Crippen LogP contribution in [0.5, 0.6) is 0 Å². The minimum absolute atomic E-state index is 0.349. The third-order valence-corrected chi connectivity index (χ3v) is 2.94. The lowest BCUT2D eigenvalue weighted by molar-refractivity contribution is 0.156. The number of rotatable bonds is 5. The highest BCUT2D eigenvalue weighted by Gasteiger charge is 2.22. The molecule has 1 N–H and O–H groups in total. The molecule has 1 saturated heterocycles. The van der Waals surface area contributed by atoms with Crippen molar-refractivity contribution in [1.29, 1.82) is 0 Å². The predicted octanol–water partition coefficient (Wildman–Crippen LogP) is 1.88. The van der Waals surface area contributed by atoms with E-state index in [0.29, 0.717) is 12.6 Å². The van der Waals surface area contributed by atoms with Crippen LogP contribution in [0.3, 0.4) is 0 Å². The summed E-state index contributed by atoms with van der Waals surface area (Å²) >= 11 is 0. The Hall–Kier alpha value is -0.0800. The van der Waals surface area contributed by atoms with Crippen molar-refractivity contribution in [2.24, 2.45) is 5.92 Å². The second kappa shape index (κ2) is 5.61. The van der Waals surface area contributed by atoms with E-state index < -0.39 is 0 Å². The fourth-order valence-corrected chi connectivity index (χ4v) is 2.10. The van der Waals surface area contributed by atoms with Crippen LogP contribution in [0, 0.1) is 5.92 Å². The summed E-state index contributed by atoms with van der Waals surface area (Å²) in [6.07, 6.45) is 5.06. The van der Waals surface area contributed by atoms with Crippen LogP contribution in [0.4, 0.5) is 0 Å². The zero-order valence-electron chi connectivity index (χ0n) is 9.00. The van der Waals surface area contributed by atoms with Crippen molar-refractivity contribution in [1.82, 2.24) is 4.90 Å². The molecular weight excluding hydrogens is 162 g/mol. The van der Waals surface area contributed by atoms with E-state index in [1.54, 1.807) is 0 Å². The van der Waals surface area contributed by atoms with Crippen molar-refractivity contribution in [2.45, 2.75) is 45.6 Å². The highest BCUT2D eigenvalue weighted by atomic mass is 16.3. The quantitative estimate of drug-likeness (QED) is 0.707. The topological polar surface area (TPSA) is 23.5 Å². The molecule has 1 aliphatic rings. The van der Waals surface area contributed by atoms with Gasteiger partial charge in [-0.2, -0.15) is 0 Å². The van der Waals surface area contributed by atoms with Crippen molar-refractivity contribution in [3.8, 4) is 0 Å². The smallest absolute Gasteiger partial charge is 0.0586 e. The van der Waals surface area contributed by atoms with Crippen molar-refractivity contribution >= 4 is 0 Å². The third kappa shape index (κ3) is 3.65. The highest BCUT2D eigenvalue weighted by molar-refractivity contribution is 4.78. The normalized spacial score (nSPS) is 24.5. The number of aliphatic hydroxyl groups excluding tert-OH is 1. The van der Waals surface area contributed by atoms with Crippen LogP contribution in [0.25, 0.3) is 0 Å². The fraction of sp³-hybridized carbons (Fsp3) is 1.00. The monoisotopic (exact) mass is 185 g/mol. The molecule has 13 heavy (non-hydrogen) atoms. The molecule has 1 fully saturated rings. The van der Waals surface area contributed by atoms with Crippen LogP contribution in [-0.4, -0.2) is 35.7 Å². The Balaban J connectivity index is 2.13. The summed E-state index contributed by atoms with van der Waals surface area (Å²) in [4.78, 5) is 2.45. The van der Waals surface area contributed by atoms with Crippen LogP contribution in [0.1, 0.15) is 39.5 Å². The predicted molar refractivity (Wildman–Crippen MR) is 55.8 cm³/mol. The molecular formula is C11H23NO. The van der Waals surface area contributed by atoms with Crippen molar-refractivity contribution in [3.05, 3.63) is 0 Å². The molecule has 0 spiro atoms. The number of aliphatic hydroxyl groups is 1. The Bertz CT molecular complexity index is 136. The molecule has 0 aromatic carbocycles. The van der Waals surface area contributed by atoms with Crippen LogP contribution in [-0.2, 0) is 0 Å². The first kappa shape index (κ1) is 11.0. The standard InChI is InChI=1S/C11H23NO/c1-10(2)5-3-7-12-8-4-6-11(12)9-13/h10-11,13H,3-9H2,1-2H3/t11-/m1/s1. The van der Waals surface area contributed by atoms with E-state index in [-0.39, 0.29) is 0 Å². The second-order valence-corrected chi connectivity index (χ2v) is 4.55. The number of likely N-dealkylation sites (tertiary alicyclic amines) is 1. The Labute approximate surface area is 81.9 Å². The third-order valence-electron chi connectivity index (χ3n) is 2.94. The molecule has 0 saturated carbocycles. The molecule has 0 aromatic rings. The second-order valence-electron chi connectivity index (χ2n) is 4.55. The summed E-state index contributed by atoms with van der Waals surface area (Å²) in [7, 11) is 0. The lowest BCUT2D eigenvalue weighted by Crippen LogP contribution is -2.33. The average Bonchev–Trinajstić information content (AvgIpc) is 2.51. The summed E-state index contributed by atoms with van der Waals surface area (Å²) < 4.78 is 0. The lowest BCUT2D eigenvalue weighted by atomic mass is 10.1. The van der Waals surface area contributed by atoms with Gasteiger partial charge < -0.3 is 5.11 Å². The van der Waals surface area contributed by atoms with Crippen molar-refractivity contribution in [2.75, 3.05) is 19.7 Å². The maximum absolute atomic E-state index is 9.10. The van der Waals surface area contributed by atoms with Gasteiger partial charge in [-0.15, -0.1) is 0 Å². The van der Waals surface area contributed by atoms with Gasteiger partial charge in [-0.3, -0.25) is 4.90 Å². The molecule has 1 heterocycles. The van der Waals surface area contributed by atoms with E-state index in [0.717, 1.165) is 5.92 Å². The summed E-state index contributed by atoms with van der Waals surface area (Å²) in [6, 6.07) is 0.465. The van der Waals surface area contributed by atoms with Gasteiger partial charge >= 0.3 is 0 Å². The molecule has 0 aromatic heterocycles. The number of hydrogen-bond donors (Lipinski definition) is 1. The first-order chi connectivity index (χ1) is 6.24. The maximum atomic E-state index is 9.10. The Morgan fingerprint density at radius 2 is 2.23 bits per heavy atom. The average molecular weight is 185 g/mol. The molecule has 1 rings (SSSR count). The first-order valence-corrected chi connectivity index (χ1v) is 5.59. The van der Waals surface area contributed by atoms with Gasteiger partial charge in [-0.25, -0.2) is 0 Å². The van der Waals surface area contributed by atoms with Gasteiger partial charge in [0.1, 0.15) is 0 Å². The molecule has 0 aliphatic carbocycles. The zero-order chi connectivity index (χ0) is 9.68. The van der Waals surface area contributed by atoms with Crippen LogP contribution < -0.4 is 0 Å². The van der Waals surface area contributed by atoms with E-state index in [1.807, 2.05) is 0 Å². The molecule has 0 radical (unpaired) electrons. The largest absolute Gasteiger partial charge is 0.395 e. The first-order valence-electron chi connectivity index (χ1n) is 5.59. The van der Waals surface area contributed by atoms with E-state index in [2.05, 4.69) is 18.7 Å². The van der Waals surface area contributed by atoms with Crippen molar-refractivity contribution in [3.63, 3.8) is 0 Å². The van der Waals surface area contributed by atoms with Gasteiger partial charge in [0, 0.05) is 6.04 Å². The lowest BCUT2D eigenvalue weighted by Gasteiger charge is -2.22. The van der Waals surface area contributed by atoms with Crippen LogP contribution in [0.15, 0.2) is 0 Å². The minimum Gasteiger partial charge on any atom is -0.395 e. The zero-order valence-corrected chi connectivity index (χ0v) is 9.00. The molecule has 0 amide bonds. The Morgan fingerprint density at radius 3 is 2.85 bits per heavy atom. The Kier molecular flexibility index (Phi) is 4.74. The molecule has 1 aliphatic heterocycles. The van der Waals surface area contributed by atoms with Gasteiger partial charge in [-0.05, 0) is 44.7 Å². The number of hydrogen-bond acceptors (Lipinski definition) is 2. The summed E-state index contributed by atoms with van der Waals surface area (Å²) in [5, 5.41) is 9.10. The van der Waals surface area contributed by atoms with Gasteiger partial charge in [0.2, 0.25) is 0 Å². The van der Waals surface area contributed by atoms with Gasteiger partial charge in [0.25, 0.3) is 0 Å². The van der Waals surface area contributed by atoms with E-state index in [4.69, 9.17) is 5.11 Å². The summed E-state index contributed by atoms with van der Waals surface area (Å²) in [5.74, 6) is 0.815. The SMILES string of the molecule is CC(C)CCCN1CCC[C@@H]1CO. The molecule has 2 nitrogen and oxygen atoms in total. The minimum atomic E-state index is 0.349. The summed E-state index contributed by atoms with van der Waals surface area (Å²) in [5.41, 5.74) is 0. The molecule has 0 bridgehead atoms. The van der Waals surface area contributed by atoms with Gasteiger partial charge in [0.15, 0.2) is 0 Å². The number of nitrogens with zero attached hydrogens (tertiary/aromatic N) is 1. The van der Waals surface area contributed by atoms with Crippen LogP contribution >= 0.6 is 0 Å². The molecule has 0 unspecified atom stereocenters. The Morgan fingerprint density at radius 1 is 1.46 bits per heavy atom. The van der Waals surface area contributed by atoms with Crippen molar-refractivity contribution < 1.29 is 5.11 Å². The van der Waals surface area contributed by atoms with Crippen LogP contribution in [0.2, 0.25) is 0 Å². The maximum Gasteiger partial charge on any atom is 0.0586 e.